The smallest absolute Gasteiger partial charge is 0.303 e. The first kappa shape index (κ1) is 21.0. The largest absolute Gasteiger partial charge is 0.463 e. The zero-order valence-electron chi connectivity index (χ0n) is 16.2. The van der Waals surface area contributed by atoms with E-state index in [1.54, 1.807) is 4.57 Å². The van der Waals surface area contributed by atoms with E-state index in [0.717, 1.165) is 0 Å². The second-order valence-corrected chi connectivity index (χ2v) is 7.02. The summed E-state index contributed by atoms with van der Waals surface area (Å²) in [5.74, 6) is -1.70. The highest BCUT2D eigenvalue weighted by Gasteiger charge is 2.51. The monoisotopic (exact) mass is 424 g/mol. The van der Waals surface area contributed by atoms with E-state index in [2.05, 4.69) is 15.0 Å². The van der Waals surface area contributed by atoms with Crippen LogP contribution in [0.15, 0.2) is 17.7 Å². The predicted molar refractivity (Wildman–Crippen MR) is 98.8 cm³/mol. The van der Waals surface area contributed by atoms with Crippen molar-refractivity contribution in [2.45, 2.75) is 50.3 Å². The molecule has 1 fully saturated rings. The molecule has 29 heavy (non-hydrogen) atoms. The Labute approximate surface area is 170 Å². The number of hydrogen-bond donors (Lipinski definition) is 0. The SMILES string of the molecule is CSc1ncnc2c1ncn2C1OC(COC(C)=O)C(OC(C)=O)C1OC(C)=O. The molecule has 3 heterocycles. The molecule has 0 bridgehead atoms. The molecule has 0 radical (unpaired) electrons. The van der Waals surface area contributed by atoms with E-state index in [1.165, 1.54) is 45.2 Å². The second-order valence-electron chi connectivity index (χ2n) is 6.22. The van der Waals surface area contributed by atoms with Crippen molar-refractivity contribution in [1.82, 2.24) is 19.5 Å². The molecule has 0 N–H and O–H groups in total. The zero-order chi connectivity index (χ0) is 21.1. The molecule has 12 heteroatoms. The summed E-state index contributed by atoms with van der Waals surface area (Å²) < 4.78 is 23.4. The summed E-state index contributed by atoms with van der Waals surface area (Å²) in [6, 6.07) is 0. The molecule has 2 aromatic heterocycles. The lowest BCUT2D eigenvalue weighted by molar-refractivity contribution is -0.166. The zero-order valence-corrected chi connectivity index (χ0v) is 17.0. The average molecular weight is 424 g/mol. The summed E-state index contributed by atoms with van der Waals surface area (Å²) in [5.41, 5.74) is 1.01. The quantitative estimate of drug-likeness (QED) is 0.283. The van der Waals surface area contributed by atoms with Crippen LogP contribution in [0.1, 0.15) is 27.0 Å². The number of imidazole rings is 1. The molecular weight excluding hydrogens is 404 g/mol. The number of carbonyl (C=O) groups excluding carboxylic acids is 3. The van der Waals surface area contributed by atoms with Crippen molar-refractivity contribution < 1.29 is 33.3 Å². The fourth-order valence-corrected chi connectivity index (χ4v) is 3.57. The first-order valence-electron chi connectivity index (χ1n) is 8.66. The first-order chi connectivity index (χ1) is 13.8. The standard InChI is InChI=1S/C17H20N4O7S/c1-8(22)25-5-11-13(26-9(2)23)14(27-10(3)24)17(28-11)21-7-20-12-15(21)18-6-19-16(12)29-4/h6-7,11,13-14,17H,5H2,1-4H3. The summed E-state index contributed by atoms with van der Waals surface area (Å²) in [6.07, 6.45) is 0.999. The molecule has 0 aromatic carbocycles. The maximum absolute atomic E-state index is 11.7. The van der Waals surface area contributed by atoms with Gasteiger partial charge < -0.3 is 18.9 Å². The molecule has 0 spiro atoms. The molecule has 0 amide bonds. The number of esters is 3. The van der Waals surface area contributed by atoms with Crippen LogP contribution in [0.3, 0.4) is 0 Å². The van der Waals surface area contributed by atoms with Gasteiger partial charge in [0, 0.05) is 20.8 Å². The topological polar surface area (TPSA) is 132 Å². The summed E-state index contributed by atoms with van der Waals surface area (Å²) in [4.78, 5) is 47.4. The predicted octanol–water partition coefficient (Wildman–Crippen LogP) is 0.872. The average Bonchev–Trinajstić information content (AvgIpc) is 3.21. The summed E-state index contributed by atoms with van der Waals surface area (Å²) in [6.45, 7) is 3.53. The maximum atomic E-state index is 11.7. The van der Waals surface area contributed by atoms with Gasteiger partial charge in [-0.05, 0) is 6.26 Å². The number of nitrogens with zero attached hydrogens (tertiary/aromatic N) is 4. The van der Waals surface area contributed by atoms with Crippen LogP contribution < -0.4 is 0 Å². The third-order valence-electron chi connectivity index (χ3n) is 4.13. The Morgan fingerprint density at radius 1 is 1.07 bits per heavy atom. The van der Waals surface area contributed by atoms with Gasteiger partial charge in [-0.15, -0.1) is 11.8 Å². The highest BCUT2D eigenvalue weighted by Crippen LogP contribution is 2.36. The van der Waals surface area contributed by atoms with Crippen LogP contribution in [0, 0.1) is 0 Å². The fraction of sp³-hybridized carbons (Fsp3) is 0.529. The van der Waals surface area contributed by atoms with Crippen molar-refractivity contribution in [2.75, 3.05) is 12.9 Å². The highest BCUT2D eigenvalue weighted by atomic mass is 32.2. The summed E-state index contributed by atoms with van der Waals surface area (Å²) >= 11 is 1.41. The molecule has 0 saturated carbocycles. The van der Waals surface area contributed by atoms with Crippen molar-refractivity contribution in [3.8, 4) is 0 Å². The van der Waals surface area contributed by atoms with Crippen LogP contribution in [0.25, 0.3) is 11.2 Å². The van der Waals surface area contributed by atoms with E-state index in [4.69, 9.17) is 18.9 Å². The molecule has 1 saturated heterocycles. The Morgan fingerprint density at radius 2 is 1.76 bits per heavy atom. The molecular formula is C17H20N4O7S. The highest BCUT2D eigenvalue weighted by molar-refractivity contribution is 7.98. The lowest BCUT2D eigenvalue weighted by Gasteiger charge is -2.23. The maximum Gasteiger partial charge on any atom is 0.303 e. The van der Waals surface area contributed by atoms with Gasteiger partial charge >= 0.3 is 17.9 Å². The lowest BCUT2D eigenvalue weighted by Crippen LogP contribution is -2.40. The van der Waals surface area contributed by atoms with Crippen molar-refractivity contribution in [2.24, 2.45) is 0 Å². The van der Waals surface area contributed by atoms with Crippen LogP contribution in [0.5, 0.6) is 0 Å². The number of hydrogen-bond acceptors (Lipinski definition) is 11. The Balaban J connectivity index is 2.02. The molecule has 156 valence electrons. The number of rotatable bonds is 6. The van der Waals surface area contributed by atoms with E-state index in [9.17, 15) is 14.4 Å². The van der Waals surface area contributed by atoms with Gasteiger partial charge in [-0.1, -0.05) is 0 Å². The van der Waals surface area contributed by atoms with E-state index < -0.39 is 42.4 Å². The van der Waals surface area contributed by atoms with Gasteiger partial charge in [-0.2, -0.15) is 0 Å². The van der Waals surface area contributed by atoms with Gasteiger partial charge in [0.05, 0.1) is 6.33 Å². The van der Waals surface area contributed by atoms with Gasteiger partial charge in [-0.25, -0.2) is 15.0 Å². The molecule has 1 aliphatic rings. The minimum absolute atomic E-state index is 0.181. The second kappa shape index (κ2) is 8.74. The van der Waals surface area contributed by atoms with E-state index in [0.29, 0.717) is 16.2 Å². The van der Waals surface area contributed by atoms with Gasteiger partial charge in [0.1, 0.15) is 29.6 Å². The Bertz CT molecular complexity index is 934. The molecule has 3 rings (SSSR count). The number of aromatic nitrogens is 4. The normalized spacial score (nSPS) is 23.7. The Morgan fingerprint density at radius 3 is 2.38 bits per heavy atom. The number of fused-ring (bicyclic) bond motifs is 1. The van der Waals surface area contributed by atoms with Crippen LogP contribution in [0.2, 0.25) is 0 Å². The van der Waals surface area contributed by atoms with Crippen LogP contribution >= 0.6 is 11.8 Å². The van der Waals surface area contributed by atoms with Crippen molar-refractivity contribution >= 4 is 40.8 Å². The van der Waals surface area contributed by atoms with Gasteiger partial charge in [0.2, 0.25) is 0 Å². The Kier molecular flexibility index (Phi) is 6.33. The molecule has 4 atom stereocenters. The third-order valence-corrected chi connectivity index (χ3v) is 4.82. The summed E-state index contributed by atoms with van der Waals surface area (Å²) in [5, 5.41) is 0.670. The van der Waals surface area contributed by atoms with Crippen molar-refractivity contribution in [3.05, 3.63) is 12.7 Å². The number of carbonyl (C=O) groups is 3. The van der Waals surface area contributed by atoms with E-state index in [1.807, 2.05) is 6.26 Å². The van der Waals surface area contributed by atoms with E-state index in [-0.39, 0.29) is 6.61 Å². The molecule has 0 aliphatic carbocycles. The first-order valence-corrected chi connectivity index (χ1v) is 9.89. The molecule has 2 aromatic rings. The lowest BCUT2D eigenvalue weighted by atomic mass is 10.1. The molecule has 1 aliphatic heterocycles. The molecule has 4 unspecified atom stereocenters. The van der Waals surface area contributed by atoms with Crippen molar-refractivity contribution in [1.29, 1.82) is 0 Å². The van der Waals surface area contributed by atoms with Crippen LogP contribution in [-0.2, 0) is 33.3 Å². The van der Waals surface area contributed by atoms with Crippen molar-refractivity contribution in [3.63, 3.8) is 0 Å². The Hall–Kier alpha value is -2.73. The number of ether oxygens (including phenoxy) is 4. The summed E-state index contributed by atoms with van der Waals surface area (Å²) in [7, 11) is 0. The van der Waals surface area contributed by atoms with Gasteiger partial charge in [0.15, 0.2) is 24.1 Å². The fourth-order valence-electron chi connectivity index (χ4n) is 3.08. The van der Waals surface area contributed by atoms with Gasteiger partial charge in [0.25, 0.3) is 0 Å². The van der Waals surface area contributed by atoms with Gasteiger partial charge in [-0.3, -0.25) is 19.0 Å². The van der Waals surface area contributed by atoms with E-state index >= 15 is 0 Å². The minimum atomic E-state index is -0.998. The van der Waals surface area contributed by atoms with Crippen LogP contribution in [0.4, 0.5) is 0 Å². The number of thioether (sulfide) groups is 1. The van der Waals surface area contributed by atoms with Crippen LogP contribution in [-0.4, -0.2) is 68.6 Å². The molecule has 11 nitrogen and oxygen atoms in total. The minimum Gasteiger partial charge on any atom is -0.463 e. The third kappa shape index (κ3) is 4.48.